The smallest absolute Gasteiger partial charge is 0.258 e. The van der Waals surface area contributed by atoms with E-state index in [1.54, 1.807) is 18.2 Å². The number of carbonyl (C=O) groups is 3. The molecule has 1 aliphatic rings. The molecule has 2 N–H and O–H groups in total. The number of para-hydroxylation sites is 2. The van der Waals surface area contributed by atoms with Crippen molar-refractivity contribution < 1.29 is 14.4 Å². The van der Waals surface area contributed by atoms with Crippen molar-refractivity contribution in [3.8, 4) is 0 Å². The molecule has 2 aromatic carbocycles. The molecule has 4 rings (SSSR count). The summed E-state index contributed by atoms with van der Waals surface area (Å²) in [7, 11) is 0. The number of imidazole rings is 1. The number of hydrogen-bond acceptors (Lipinski definition) is 4. The summed E-state index contributed by atoms with van der Waals surface area (Å²) in [6.07, 6.45) is 2.98. The lowest BCUT2D eigenvalue weighted by Gasteiger charge is -2.14. The van der Waals surface area contributed by atoms with Gasteiger partial charge in [-0.2, -0.15) is 0 Å². The fourth-order valence-corrected chi connectivity index (χ4v) is 2.96. The van der Waals surface area contributed by atoms with Crippen LogP contribution < -0.4 is 10.2 Å². The minimum atomic E-state index is -0.414. The second-order valence-electron chi connectivity index (χ2n) is 6.10. The van der Waals surface area contributed by atoms with Crippen molar-refractivity contribution >= 4 is 34.4 Å². The highest BCUT2D eigenvalue weighted by atomic mass is 16.2. The van der Waals surface area contributed by atoms with Crippen LogP contribution in [0.3, 0.4) is 0 Å². The number of amides is 3. The molecular formula is C20H16N4O3. The molecule has 2 heterocycles. The lowest BCUT2D eigenvalue weighted by atomic mass is 10.1. The van der Waals surface area contributed by atoms with Gasteiger partial charge in [0.1, 0.15) is 5.82 Å². The minimum Gasteiger partial charge on any atom is -0.352 e. The maximum atomic E-state index is 12.4. The van der Waals surface area contributed by atoms with E-state index in [1.807, 2.05) is 24.3 Å². The lowest BCUT2D eigenvalue weighted by molar-refractivity contribution is -0.119. The monoisotopic (exact) mass is 360 g/mol. The fourth-order valence-electron chi connectivity index (χ4n) is 2.96. The molecule has 0 atom stereocenters. The topological polar surface area (TPSA) is 95.2 Å². The summed E-state index contributed by atoms with van der Waals surface area (Å²) in [5.41, 5.74) is 2.60. The zero-order valence-corrected chi connectivity index (χ0v) is 14.3. The quantitative estimate of drug-likeness (QED) is 0.680. The predicted molar refractivity (Wildman–Crippen MR) is 100 cm³/mol. The van der Waals surface area contributed by atoms with E-state index in [-0.39, 0.29) is 5.91 Å². The van der Waals surface area contributed by atoms with Crippen LogP contribution in [0.25, 0.3) is 11.0 Å². The van der Waals surface area contributed by atoms with Crippen molar-refractivity contribution in [2.45, 2.75) is 6.42 Å². The van der Waals surface area contributed by atoms with Crippen molar-refractivity contribution in [2.75, 3.05) is 11.4 Å². The molecule has 1 aliphatic heterocycles. The number of benzene rings is 2. The van der Waals surface area contributed by atoms with E-state index in [0.717, 1.165) is 21.8 Å². The van der Waals surface area contributed by atoms with Crippen LogP contribution in [0.5, 0.6) is 0 Å². The molecule has 0 saturated heterocycles. The number of nitrogens with one attached hydrogen (secondary N) is 2. The van der Waals surface area contributed by atoms with Gasteiger partial charge in [0.25, 0.3) is 17.7 Å². The normalized spacial score (nSPS) is 13.6. The third-order valence-corrected chi connectivity index (χ3v) is 4.26. The van der Waals surface area contributed by atoms with E-state index in [9.17, 15) is 14.4 Å². The second kappa shape index (κ2) is 6.87. The molecule has 27 heavy (non-hydrogen) atoms. The average Bonchev–Trinajstić information content (AvgIpc) is 3.24. The van der Waals surface area contributed by atoms with E-state index in [4.69, 9.17) is 0 Å². The molecule has 3 aromatic rings. The first-order valence-electron chi connectivity index (χ1n) is 8.50. The zero-order chi connectivity index (χ0) is 18.8. The standard InChI is InChI=1S/C20H16N4O3/c25-18-8-9-19(26)24(18)14-5-3-4-13(12-14)20(27)21-11-10-17-22-15-6-1-2-7-16(15)23-17/h1-9,12H,10-11H2,(H,21,27)(H,22,23). The summed E-state index contributed by atoms with van der Waals surface area (Å²) in [5, 5.41) is 2.83. The number of imide groups is 1. The number of fused-ring (bicyclic) bond motifs is 1. The van der Waals surface area contributed by atoms with Crippen molar-refractivity contribution in [3.63, 3.8) is 0 Å². The number of H-pyrrole nitrogens is 1. The van der Waals surface area contributed by atoms with Crippen molar-refractivity contribution in [1.29, 1.82) is 0 Å². The summed E-state index contributed by atoms with van der Waals surface area (Å²) in [6.45, 7) is 0.409. The third kappa shape index (κ3) is 3.35. The van der Waals surface area contributed by atoms with Gasteiger partial charge in [-0.15, -0.1) is 0 Å². The van der Waals surface area contributed by atoms with Crippen LogP contribution in [0.15, 0.2) is 60.7 Å². The second-order valence-corrected chi connectivity index (χ2v) is 6.10. The first-order chi connectivity index (χ1) is 13.1. The molecule has 0 bridgehead atoms. The number of rotatable bonds is 5. The highest BCUT2D eigenvalue weighted by Crippen LogP contribution is 2.20. The van der Waals surface area contributed by atoms with E-state index in [2.05, 4.69) is 15.3 Å². The van der Waals surface area contributed by atoms with Crippen LogP contribution in [0.4, 0.5) is 5.69 Å². The Morgan fingerprint density at radius 1 is 1.04 bits per heavy atom. The molecule has 0 spiro atoms. The third-order valence-electron chi connectivity index (χ3n) is 4.26. The highest BCUT2D eigenvalue weighted by Gasteiger charge is 2.25. The van der Waals surface area contributed by atoms with Gasteiger partial charge in [-0.25, -0.2) is 9.88 Å². The largest absolute Gasteiger partial charge is 0.352 e. The van der Waals surface area contributed by atoms with Gasteiger partial charge in [0.15, 0.2) is 0 Å². The van der Waals surface area contributed by atoms with Crippen molar-refractivity contribution in [3.05, 3.63) is 72.1 Å². The first kappa shape index (κ1) is 16.7. The summed E-state index contributed by atoms with van der Waals surface area (Å²) in [6, 6.07) is 14.2. The molecule has 134 valence electrons. The Morgan fingerprint density at radius 3 is 2.59 bits per heavy atom. The summed E-state index contributed by atoms with van der Waals surface area (Å²) in [4.78, 5) is 44.7. The van der Waals surface area contributed by atoms with E-state index >= 15 is 0 Å². The highest BCUT2D eigenvalue weighted by molar-refractivity contribution is 6.28. The molecule has 3 amide bonds. The predicted octanol–water partition coefficient (Wildman–Crippen LogP) is 1.96. The van der Waals surface area contributed by atoms with Gasteiger partial charge < -0.3 is 10.3 Å². The van der Waals surface area contributed by atoms with Gasteiger partial charge in [-0.1, -0.05) is 18.2 Å². The SMILES string of the molecule is O=C(NCCc1nc2ccccc2[nH]1)c1cccc(N2C(=O)C=CC2=O)c1. The molecular weight excluding hydrogens is 344 g/mol. The van der Waals surface area contributed by atoms with Gasteiger partial charge in [-0.05, 0) is 30.3 Å². The van der Waals surface area contributed by atoms with Crippen LogP contribution in [0, 0.1) is 0 Å². The summed E-state index contributed by atoms with van der Waals surface area (Å²) < 4.78 is 0. The number of nitrogens with zero attached hydrogens (tertiary/aromatic N) is 2. The Bertz CT molecular complexity index is 1030. The number of hydrogen-bond donors (Lipinski definition) is 2. The number of carbonyl (C=O) groups excluding carboxylic acids is 3. The van der Waals surface area contributed by atoms with Gasteiger partial charge in [0, 0.05) is 30.7 Å². The zero-order valence-electron chi connectivity index (χ0n) is 14.3. The van der Waals surface area contributed by atoms with Gasteiger partial charge in [-0.3, -0.25) is 14.4 Å². The van der Waals surface area contributed by atoms with E-state index in [1.165, 1.54) is 18.2 Å². The van der Waals surface area contributed by atoms with Gasteiger partial charge in [0.05, 0.1) is 16.7 Å². The first-order valence-corrected chi connectivity index (χ1v) is 8.50. The molecule has 1 aromatic heterocycles. The van der Waals surface area contributed by atoms with Crippen molar-refractivity contribution in [1.82, 2.24) is 15.3 Å². The number of anilines is 1. The Morgan fingerprint density at radius 2 is 1.81 bits per heavy atom. The Hall–Kier alpha value is -3.74. The van der Waals surface area contributed by atoms with Crippen LogP contribution in [0.2, 0.25) is 0 Å². The summed E-state index contributed by atoms with van der Waals surface area (Å²) >= 11 is 0. The Labute approximate surface area is 154 Å². The Balaban J connectivity index is 1.40. The molecule has 0 aliphatic carbocycles. The maximum Gasteiger partial charge on any atom is 0.258 e. The van der Waals surface area contributed by atoms with Crippen LogP contribution in [-0.2, 0) is 16.0 Å². The lowest BCUT2D eigenvalue weighted by Crippen LogP contribution is -2.30. The summed E-state index contributed by atoms with van der Waals surface area (Å²) in [5.74, 6) is -0.311. The molecule has 0 radical (unpaired) electrons. The van der Waals surface area contributed by atoms with Gasteiger partial charge in [0.2, 0.25) is 0 Å². The number of aromatic nitrogens is 2. The number of aromatic amines is 1. The average molecular weight is 360 g/mol. The molecule has 7 heteroatoms. The van der Waals surface area contributed by atoms with Crippen molar-refractivity contribution in [2.24, 2.45) is 0 Å². The van der Waals surface area contributed by atoms with Crippen LogP contribution in [-0.4, -0.2) is 34.2 Å². The van der Waals surface area contributed by atoms with E-state index < -0.39 is 11.8 Å². The molecule has 0 saturated carbocycles. The molecule has 0 fully saturated rings. The van der Waals surface area contributed by atoms with Gasteiger partial charge >= 0.3 is 0 Å². The minimum absolute atomic E-state index is 0.278. The molecule has 0 unspecified atom stereocenters. The Kier molecular flexibility index (Phi) is 4.25. The fraction of sp³-hybridized carbons (Fsp3) is 0.100. The maximum absolute atomic E-state index is 12.4. The van der Waals surface area contributed by atoms with E-state index in [0.29, 0.717) is 24.2 Å². The van der Waals surface area contributed by atoms with Crippen LogP contribution in [0.1, 0.15) is 16.2 Å². The van der Waals surface area contributed by atoms with Crippen LogP contribution >= 0.6 is 0 Å². The molecule has 7 nitrogen and oxygen atoms in total.